The minimum atomic E-state index is -0.351. The van der Waals surface area contributed by atoms with E-state index < -0.39 is 0 Å². The van der Waals surface area contributed by atoms with Gasteiger partial charge >= 0.3 is 0 Å². The number of amides is 1. The van der Waals surface area contributed by atoms with Gasteiger partial charge in [-0.3, -0.25) is 9.69 Å². The van der Waals surface area contributed by atoms with E-state index in [1.54, 1.807) is 0 Å². The SMILES string of the molecule is CCC[C@H](N)C(=O)N1CCN(CCc2ccc(F)cc2)CC1. The van der Waals surface area contributed by atoms with E-state index >= 15 is 0 Å². The van der Waals surface area contributed by atoms with Gasteiger partial charge in [0.1, 0.15) is 5.82 Å². The van der Waals surface area contributed by atoms with Crippen LogP contribution in [0.3, 0.4) is 0 Å². The number of hydrogen-bond donors (Lipinski definition) is 1. The van der Waals surface area contributed by atoms with Gasteiger partial charge in [-0.2, -0.15) is 0 Å². The molecule has 2 rings (SSSR count). The molecule has 1 fully saturated rings. The molecule has 1 saturated heterocycles. The number of hydrogen-bond acceptors (Lipinski definition) is 3. The molecule has 1 aliphatic heterocycles. The second-order valence-corrected chi connectivity index (χ2v) is 5.94. The summed E-state index contributed by atoms with van der Waals surface area (Å²) in [5.41, 5.74) is 7.05. The van der Waals surface area contributed by atoms with Crippen LogP contribution in [0.5, 0.6) is 0 Å². The van der Waals surface area contributed by atoms with E-state index in [0.29, 0.717) is 0 Å². The van der Waals surface area contributed by atoms with E-state index in [4.69, 9.17) is 5.73 Å². The number of halogens is 1. The van der Waals surface area contributed by atoms with Crippen molar-refractivity contribution < 1.29 is 9.18 Å². The van der Waals surface area contributed by atoms with E-state index in [-0.39, 0.29) is 17.8 Å². The number of carbonyl (C=O) groups is 1. The van der Waals surface area contributed by atoms with Crippen LogP contribution >= 0.6 is 0 Å². The standard InChI is InChI=1S/C17H26FN3O/c1-2-3-16(19)17(22)21-12-10-20(11-13-21)9-8-14-4-6-15(18)7-5-14/h4-7,16H,2-3,8-13,19H2,1H3/t16-/m0/s1. The fraction of sp³-hybridized carbons (Fsp3) is 0.588. The zero-order chi connectivity index (χ0) is 15.9. The number of nitrogens with two attached hydrogens (primary N) is 1. The Labute approximate surface area is 132 Å². The molecular weight excluding hydrogens is 281 g/mol. The summed E-state index contributed by atoms with van der Waals surface area (Å²) in [6, 6.07) is 6.32. The highest BCUT2D eigenvalue weighted by molar-refractivity contribution is 5.81. The van der Waals surface area contributed by atoms with Crippen LogP contribution in [-0.2, 0) is 11.2 Å². The number of piperazine rings is 1. The Bertz CT molecular complexity index is 469. The molecule has 2 N–H and O–H groups in total. The molecule has 0 saturated carbocycles. The van der Waals surface area contributed by atoms with Crippen molar-refractivity contribution in [2.24, 2.45) is 5.73 Å². The number of nitrogens with zero attached hydrogens (tertiary/aromatic N) is 2. The maximum absolute atomic E-state index is 12.9. The van der Waals surface area contributed by atoms with Crippen molar-refractivity contribution in [1.82, 2.24) is 9.80 Å². The van der Waals surface area contributed by atoms with Gasteiger partial charge in [0, 0.05) is 32.7 Å². The first-order valence-electron chi connectivity index (χ1n) is 8.11. The van der Waals surface area contributed by atoms with Gasteiger partial charge in [0.25, 0.3) is 0 Å². The van der Waals surface area contributed by atoms with Crippen molar-refractivity contribution >= 4 is 5.91 Å². The zero-order valence-corrected chi connectivity index (χ0v) is 13.3. The van der Waals surface area contributed by atoms with Crippen molar-refractivity contribution in [3.05, 3.63) is 35.6 Å². The minimum absolute atomic E-state index is 0.0834. The quantitative estimate of drug-likeness (QED) is 0.869. The van der Waals surface area contributed by atoms with Gasteiger partial charge in [-0.15, -0.1) is 0 Å². The molecule has 122 valence electrons. The topological polar surface area (TPSA) is 49.6 Å². The van der Waals surface area contributed by atoms with Crippen molar-refractivity contribution in [2.45, 2.75) is 32.2 Å². The van der Waals surface area contributed by atoms with Crippen LogP contribution in [-0.4, -0.2) is 54.5 Å². The molecule has 1 heterocycles. The van der Waals surface area contributed by atoms with Crippen LogP contribution in [0.15, 0.2) is 24.3 Å². The van der Waals surface area contributed by atoms with Gasteiger partial charge in [0.2, 0.25) is 5.91 Å². The molecule has 1 aromatic carbocycles. The molecule has 22 heavy (non-hydrogen) atoms. The highest BCUT2D eigenvalue weighted by Gasteiger charge is 2.24. The Morgan fingerprint density at radius 2 is 1.86 bits per heavy atom. The van der Waals surface area contributed by atoms with Crippen LogP contribution in [0.25, 0.3) is 0 Å². The van der Waals surface area contributed by atoms with E-state index in [0.717, 1.165) is 57.5 Å². The van der Waals surface area contributed by atoms with Crippen LogP contribution in [0, 0.1) is 5.82 Å². The Hall–Kier alpha value is -1.46. The first-order valence-corrected chi connectivity index (χ1v) is 8.11. The Morgan fingerprint density at radius 3 is 2.45 bits per heavy atom. The second kappa shape index (κ2) is 8.25. The Morgan fingerprint density at radius 1 is 1.23 bits per heavy atom. The van der Waals surface area contributed by atoms with Gasteiger partial charge in [-0.05, 0) is 30.5 Å². The number of benzene rings is 1. The Balaban J connectivity index is 1.73. The van der Waals surface area contributed by atoms with Gasteiger partial charge in [0.05, 0.1) is 6.04 Å². The molecule has 1 atom stereocenters. The van der Waals surface area contributed by atoms with Crippen molar-refractivity contribution in [1.29, 1.82) is 0 Å². The Kier molecular flexibility index (Phi) is 6.34. The normalized spacial score (nSPS) is 17.5. The average Bonchev–Trinajstić information content (AvgIpc) is 2.54. The average molecular weight is 307 g/mol. The summed E-state index contributed by atoms with van der Waals surface area (Å²) in [4.78, 5) is 16.4. The molecule has 0 spiro atoms. The lowest BCUT2D eigenvalue weighted by Crippen LogP contribution is -2.53. The molecule has 0 bridgehead atoms. The highest BCUT2D eigenvalue weighted by Crippen LogP contribution is 2.08. The van der Waals surface area contributed by atoms with Crippen LogP contribution in [0.2, 0.25) is 0 Å². The first-order chi connectivity index (χ1) is 10.6. The van der Waals surface area contributed by atoms with Crippen LogP contribution in [0.4, 0.5) is 4.39 Å². The summed E-state index contributed by atoms with van der Waals surface area (Å²) in [5.74, 6) is -0.112. The maximum Gasteiger partial charge on any atom is 0.239 e. The third-order valence-electron chi connectivity index (χ3n) is 4.23. The van der Waals surface area contributed by atoms with Gasteiger partial charge in [-0.1, -0.05) is 25.5 Å². The van der Waals surface area contributed by atoms with Crippen molar-refractivity contribution in [3.8, 4) is 0 Å². The summed E-state index contributed by atoms with van der Waals surface area (Å²) < 4.78 is 12.9. The molecule has 1 amide bonds. The molecular formula is C17H26FN3O. The molecule has 1 aromatic rings. The third-order valence-corrected chi connectivity index (χ3v) is 4.23. The van der Waals surface area contributed by atoms with E-state index in [1.165, 1.54) is 12.1 Å². The van der Waals surface area contributed by atoms with E-state index in [1.807, 2.05) is 24.0 Å². The summed E-state index contributed by atoms with van der Waals surface area (Å²) in [6.07, 6.45) is 2.59. The fourth-order valence-electron chi connectivity index (χ4n) is 2.80. The molecule has 0 aromatic heterocycles. The molecule has 0 aliphatic carbocycles. The molecule has 4 nitrogen and oxygen atoms in total. The summed E-state index contributed by atoms with van der Waals surface area (Å²) >= 11 is 0. The van der Waals surface area contributed by atoms with E-state index in [2.05, 4.69) is 4.90 Å². The summed E-state index contributed by atoms with van der Waals surface area (Å²) in [6.45, 7) is 6.24. The number of rotatable bonds is 6. The van der Waals surface area contributed by atoms with Crippen LogP contribution < -0.4 is 5.73 Å². The molecule has 0 unspecified atom stereocenters. The largest absolute Gasteiger partial charge is 0.339 e. The maximum atomic E-state index is 12.9. The fourth-order valence-corrected chi connectivity index (χ4v) is 2.80. The smallest absolute Gasteiger partial charge is 0.239 e. The summed E-state index contributed by atoms with van der Waals surface area (Å²) in [7, 11) is 0. The lowest BCUT2D eigenvalue weighted by atomic mass is 10.1. The first kappa shape index (κ1) is 16.9. The summed E-state index contributed by atoms with van der Waals surface area (Å²) in [5, 5.41) is 0. The van der Waals surface area contributed by atoms with Crippen molar-refractivity contribution in [2.75, 3.05) is 32.7 Å². The molecule has 0 radical (unpaired) electrons. The monoisotopic (exact) mass is 307 g/mol. The lowest BCUT2D eigenvalue weighted by Gasteiger charge is -2.35. The van der Waals surface area contributed by atoms with E-state index in [9.17, 15) is 9.18 Å². The van der Waals surface area contributed by atoms with Crippen LogP contribution in [0.1, 0.15) is 25.3 Å². The lowest BCUT2D eigenvalue weighted by molar-refractivity contribution is -0.134. The molecule has 5 heteroatoms. The minimum Gasteiger partial charge on any atom is -0.339 e. The van der Waals surface area contributed by atoms with Gasteiger partial charge < -0.3 is 10.6 Å². The molecule has 1 aliphatic rings. The third kappa shape index (κ3) is 4.78. The van der Waals surface area contributed by atoms with Crippen molar-refractivity contribution in [3.63, 3.8) is 0 Å². The number of carbonyl (C=O) groups excluding carboxylic acids is 1. The predicted molar refractivity (Wildman–Crippen MR) is 86.0 cm³/mol. The predicted octanol–water partition coefficient (Wildman–Crippen LogP) is 1.64. The zero-order valence-electron chi connectivity index (χ0n) is 13.3. The second-order valence-electron chi connectivity index (χ2n) is 5.94. The van der Waals surface area contributed by atoms with Gasteiger partial charge in [0.15, 0.2) is 0 Å². The van der Waals surface area contributed by atoms with Gasteiger partial charge in [-0.25, -0.2) is 4.39 Å². The highest BCUT2D eigenvalue weighted by atomic mass is 19.1.